The van der Waals surface area contributed by atoms with Crippen LogP contribution in [0.2, 0.25) is 0 Å². The normalized spacial score (nSPS) is 11.4. The molecule has 4 rings (SSSR count). The van der Waals surface area contributed by atoms with Crippen molar-refractivity contribution in [2.24, 2.45) is 0 Å². The maximum atomic E-state index is 13.8. The minimum atomic E-state index is -0.443. The van der Waals surface area contributed by atoms with Crippen LogP contribution in [0.25, 0.3) is 33.7 Å². The summed E-state index contributed by atoms with van der Waals surface area (Å²) in [6.07, 6.45) is 3.50. The van der Waals surface area contributed by atoms with Crippen LogP contribution in [-0.4, -0.2) is 9.91 Å². The minimum Gasteiger partial charge on any atom is -0.457 e. The number of thiazole rings is 1. The number of benzene rings is 2. The molecule has 0 spiro atoms. The summed E-state index contributed by atoms with van der Waals surface area (Å²) in [5.41, 5.74) is 0.994. The molecule has 2 heterocycles. The lowest BCUT2D eigenvalue weighted by atomic mass is 10.1. The highest BCUT2D eigenvalue weighted by Crippen LogP contribution is 2.28. The highest BCUT2D eigenvalue weighted by atomic mass is 32.1. The van der Waals surface area contributed by atoms with Gasteiger partial charge in [0.1, 0.15) is 22.3 Å². The molecule has 0 aliphatic rings. The van der Waals surface area contributed by atoms with Crippen molar-refractivity contribution in [1.29, 1.82) is 0 Å². The first kappa shape index (κ1) is 16.2. The molecule has 0 saturated carbocycles. The summed E-state index contributed by atoms with van der Waals surface area (Å²) in [6, 6.07) is 14.5. The van der Waals surface area contributed by atoms with Gasteiger partial charge in [-0.1, -0.05) is 12.1 Å². The molecule has 4 aromatic rings. The molecule has 26 heavy (non-hydrogen) atoms. The van der Waals surface area contributed by atoms with E-state index in [2.05, 4.69) is 4.98 Å². The molecule has 0 aliphatic heterocycles. The van der Waals surface area contributed by atoms with Crippen molar-refractivity contribution >= 4 is 39.4 Å². The fourth-order valence-electron chi connectivity index (χ4n) is 2.52. The number of aromatic nitrogens is 1. The summed E-state index contributed by atoms with van der Waals surface area (Å²) in [5, 5.41) is 11.5. The lowest BCUT2D eigenvalue weighted by molar-refractivity contribution is -0.384. The van der Waals surface area contributed by atoms with E-state index in [-0.39, 0.29) is 11.5 Å². The van der Waals surface area contributed by atoms with Crippen LogP contribution in [0.4, 0.5) is 10.1 Å². The van der Waals surface area contributed by atoms with Gasteiger partial charge in [0.15, 0.2) is 0 Å². The smallest absolute Gasteiger partial charge is 0.271 e. The number of halogens is 1. The Hall–Kier alpha value is -3.32. The van der Waals surface area contributed by atoms with Crippen LogP contribution in [0, 0.1) is 15.9 Å². The fourth-order valence-corrected chi connectivity index (χ4v) is 3.37. The van der Waals surface area contributed by atoms with Crippen LogP contribution in [-0.2, 0) is 0 Å². The van der Waals surface area contributed by atoms with Crippen molar-refractivity contribution in [2.45, 2.75) is 0 Å². The maximum absolute atomic E-state index is 13.8. The highest BCUT2D eigenvalue weighted by molar-refractivity contribution is 7.19. The van der Waals surface area contributed by atoms with E-state index in [1.54, 1.807) is 48.6 Å². The van der Waals surface area contributed by atoms with Gasteiger partial charge in [-0.15, -0.1) is 11.3 Å². The van der Waals surface area contributed by atoms with E-state index in [0.717, 1.165) is 4.70 Å². The molecular formula is C19H11FN2O3S. The van der Waals surface area contributed by atoms with Crippen LogP contribution in [0.5, 0.6) is 0 Å². The van der Waals surface area contributed by atoms with E-state index in [9.17, 15) is 14.5 Å². The van der Waals surface area contributed by atoms with Gasteiger partial charge in [0.2, 0.25) is 0 Å². The number of nitrogens with zero attached hydrogens (tertiary/aromatic N) is 2. The number of fused-ring (bicyclic) bond motifs is 1. The Bertz CT molecular complexity index is 1150. The van der Waals surface area contributed by atoms with Crippen LogP contribution >= 0.6 is 11.3 Å². The number of nitro groups is 1. The molecule has 0 atom stereocenters. The largest absolute Gasteiger partial charge is 0.457 e. The number of non-ortho nitro benzene ring substituents is 1. The second-order valence-electron chi connectivity index (χ2n) is 5.48. The van der Waals surface area contributed by atoms with Gasteiger partial charge in [-0.3, -0.25) is 10.1 Å². The van der Waals surface area contributed by atoms with Crippen molar-refractivity contribution in [2.75, 3.05) is 0 Å². The maximum Gasteiger partial charge on any atom is 0.271 e. The Kier molecular flexibility index (Phi) is 4.06. The fraction of sp³-hybridized carbons (Fsp3) is 0. The first-order chi connectivity index (χ1) is 12.6. The van der Waals surface area contributed by atoms with Crippen LogP contribution in [0.15, 0.2) is 59.0 Å². The van der Waals surface area contributed by atoms with Gasteiger partial charge in [0.25, 0.3) is 5.69 Å². The lowest BCUT2D eigenvalue weighted by Crippen LogP contribution is -1.86. The second kappa shape index (κ2) is 6.53. The number of nitro benzene ring substituents is 1. The molecule has 0 fully saturated rings. The van der Waals surface area contributed by atoms with Gasteiger partial charge in [-0.05, 0) is 42.5 Å². The van der Waals surface area contributed by atoms with Crippen molar-refractivity contribution < 1.29 is 13.7 Å². The van der Waals surface area contributed by atoms with Crippen molar-refractivity contribution in [3.05, 3.63) is 81.3 Å². The number of rotatable bonds is 4. The van der Waals surface area contributed by atoms with Gasteiger partial charge < -0.3 is 4.42 Å². The Morgan fingerprint density at radius 2 is 1.96 bits per heavy atom. The molecule has 0 bridgehead atoms. The highest BCUT2D eigenvalue weighted by Gasteiger charge is 2.10. The molecule has 0 unspecified atom stereocenters. The Morgan fingerprint density at radius 1 is 1.12 bits per heavy atom. The zero-order valence-electron chi connectivity index (χ0n) is 13.3. The third-order valence-electron chi connectivity index (χ3n) is 3.75. The topological polar surface area (TPSA) is 69.2 Å². The molecule has 2 aromatic carbocycles. The van der Waals surface area contributed by atoms with Gasteiger partial charge in [-0.2, -0.15) is 0 Å². The first-order valence-electron chi connectivity index (χ1n) is 7.68. The number of furan rings is 1. The second-order valence-corrected chi connectivity index (χ2v) is 6.54. The third kappa shape index (κ3) is 3.12. The summed E-state index contributed by atoms with van der Waals surface area (Å²) < 4.78 is 20.3. The molecule has 0 radical (unpaired) electrons. The van der Waals surface area contributed by atoms with Crippen LogP contribution in [0.1, 0.15) is 10.8 Å². The van der Waals surface area contributed by atoms with E-state index < -0.39 is 4.92 Å². The van der Waals surface area contributed by atoms with E-state index in [0.29, 0.717) is 27.6 Å². The first-order valence-corrected chi connectivity index (χ1v) is 8.49. The summed E-state index contributed by atoms with van der Waals surface area (Å²) in [7, 11) is 0. The van der Waals surface area contributed by atoms with E-state index in [1.807, 2.05) is 0 Å². The summed E-state index contributed by atoms with van der Waals surface area (Å²) in [5.74, 6) is 0.668. The predicted molar refractivity (Wildman–Crippen MR) is 99.3 cm³/mol. The summed E-state index contributed by atoms with van der Waals surface area (Å²) in [6.45, 7) is 0. The molecule has 2 aromatic heterocycles. The molecule has 128 valence electrons. The molecule has 0 N–H and O–H groups in total. The van der Waals surface area contributed by atoms with Gasteiger partial charge in [0, 0.05) is 12.1 Å². The van der Waals surface area contributed by atoms with Crippen LogP contribution < -0.4 is 0 Å². The zero-order chi connectivity index (χ0) is 18.1. The predicted octanol–water partition coefficient (Wildman–Crippen LogP) is 5.77. The Balaban J connectivity index is 1.60. The van der Waals surface area contributed by atoms with Gasteiger partial charge in [-0.25, -0.2) is 9.37 Å². The Morgan fingerprint density at radius 3 is 2.77 bits per heavy atom. The average molecular weight is 366 g/mol. The van der Waals surface area contributed by atoms with Crippen molar-refractivity contribution in [1.82, 2.24) is 4.98 Å². The summed E-state index contributed by atoms with van der Waals surface area (Å²) >= 11 is 1.42. The molecule has 0 saturated heterocycles. The minimum absolute atomic E-state index is 0.0129. The van der Waals surface area contributed by atoms with Crippen molar-refractivity contribution in [3.63, 3.8) is 0 Å². The molecule has 5 nitrogen and oxygen atoms in total. The van der Waals surface area contributed by atoms with E-state index in [1.165, 1.54) is 29.5 Å². The van der Waals surface area contributed by atoms with Gasteiger partial charge in [0.05, 0.1) is 20.7 Å². The third-order valence-corrected chi connectivity index (χ3v) is 4.76. The number of hydrogen-bond donors (Lipinski definition) is 0. The quantitative estimate of drug-likeness (QED) is 0.339. The average Bonchev–Trinajstić information content (AvgIpc) is 3.26. The van der Waals surface area contributed by atoms with E-state index >= 15 is 0 Å². The molecular weight excluding hydrogens is 355 g/mol. The molecule has 0 aliphatic carbocycles. The summed E-state index contributed by atoms with van der Waals surface area (Å²) in [4.78, 5) is 14.8. The monoisotopic (exact) mass is 366 g/mol. The van der Waals surface area contributed by atoms with E-state index in [4.69, 9.17) is 4.42 Å². The number of hydrogen-bond acceptors (Lipinski definition) is 5. The molecule has 7 heteroatoms. The standard InChI is InChI=1S/C19H11FN2O3S/c20-15-4-2-1-3-14(15)17-8-6-13(25-17)7-10-19-21-16-11-12(22(23)24)5-9-18(16)26-19/h1-11H. The van der Waals surface area contributed by atoms with Gasteiger partial charge >= 0.3 is 0 Å². The lowest BCUT2D eigenvalue weighted by Gasteiger charge is -1.97. The van der Waals surface area contributed by atoms with Crippen molar-refractivity contribution in [3.8, 4) is 11.3 Å². The molecule has 0 amide bonds. The SMILES string of the molecule is O=[N+]([O-])c1ccc2sc(C=Cc3ccc(-c4ccccc4F)o3)nc2c1. The van der Waals surface area contributed by atoms with Crippen LogP contribution in [0.3, 0.4) is 0 Å². The zero-order valence-corrected chi connectivity index (χ0v) is 14.1. The Labute approximate surface area is 151 Å².